The Morgan fingerprint density at radius 2 is 2.11 bits per heavy atom. The quantitative estimate of drug-likeness (QED) is 0.779. The molecule has 2 N–H and O–H groups in total. The van der Waals surface area contributed by atoms with Gasteiger partial charge in [-0.15, -0.1) is 11.3 Å². The molecule has 0 bridgehead atoms. The molecule has 0 fully saturated rings. The van der Waals surface area contributed by atoms with Crippen LogP contribution in [-0.4, -0.2) is 9.97 Å². The van der Waals surface area contributed by atoms with Crippen LogP contribution in [0.3, 0.4) is 0 Å². The number of pyridine rings is 1. The van der Waals surface area contributed by atoms with Crippen LogP contribution in [0.5, 0.6) is 0 Å². The summed E-state index contributed by atoms with van der Waals surface area (Å²) in [6, 6.07) is 9.61. The Hall–Kier alpha value is -1.49. The predicted octanol–water partition coefficient (Wildman–Crippen LogP) is 3.47. The highest BCUT2D eigenvalue weighted by molar-refractivity contribution is 7.21. The summed E-state index contributed by atoms with van der Waals surface area (Å²) in [5.41, 5.74) is 8.38. The largest absolute Gasteiger partial charge is 0.326 e. The van der Waals surface area contributed by atoms with E-state index in [1.54, 1.807) is 17.5 Å². The second-order valence-electron chi connectivity index (χ2n) is 3.89. The fourth-order valence-corrected chi connectivity index (χ4v) is 2.90. The van der Waals surface area contributed by atoms with Gasteiger partial charge >= 0.3 is 0 Å². The van der Waals surface area contributed by atoms with Crippen LogP contribution in [0.1, 0.15) is 5.56 Å². The Balaban J connectivity index is 2.07. The van der Waals surface area contributed by atoms with Crippen molar-refractivity contribution in [2.45, 2.75) is 6.54 Å². The van der Waals surface area contributed by atoms with Crippen LogP contribution in [0, 0.1) is 0 Å². The van der Waals surface area contributed by atoms with Crippen LogP contribution in [0.25, 0.3) is 20.9 Å². The predicted molar refractivity (Wildman–Crippen MR) is 75.8 cm³/mol. The van der Waals surface area contributed by atoms with E-state index in [4.69, 9.17) is 17.3 Å². The third-order valence-corrected chi connectivity index (χ3v) is 3.91. The minimum atomic E-state index is 0.503. The second-order valence-corrected chi connectivity index (χ2v) is 5.35. The number of halogens is 1. The number of fused-ring (bicyclic) bond motifs is 1. The molecule has 0 radical (unpaired) electrons. The van der Waals surface area contributed by atoms with Gasteiger partial charge < -0.3 is 5.73 Å². The Kier molecular flexibility index (Phi) is 2.99. The second kappa shape index (κ2) is 4.65. The summed E-state index contributed by atoms with van der Waals surface area (Å²) < 4.78 is 1.07. The average Bonchev–Trinajstić information content (AvgIpc) is 2.81. The van der Waals surface area contributed by atoms with Gasteiger partial charge in [-0.3, -0.25) is 4.98 Å². The number of aromatic nitrogens is 2. The molecule has 3 nitrogen and oxygen atoms in total. The summed E-state index contributed by atoms with van der Waals surface area (Å²) in [4.78, 5) is 8.92. The van der Waals surface area contributed by atoms with Gasteiger partial charge in [-0.05, 0) is 29.8 Å². The van der Waals surface area contributed by atoms with Gasteiger partial charge in [0, 0.05) is 17.8 Å². The monoisotopic (exact) mass is 275 g/mol. The van der Waals surface area contributed by atoms with Crippen LogP contribution in [-0.2, 0) is 6.54 Å². The van der Waals surface area contributed by atoms with E-state index < -0.39 is 0 Å². The average molecular weight is 276 g/mol. The fraction of sp³-hybridized carbons (Fsp3) is 0.0769. The summed E-state index contributed by atoms with van der Waals surface area (Å²) in [6.45, 7) is 0.503. The molecule has 3 rings (SSSR count). The van der Waals surface area contributed by atoms with Crippen LogP contribution < -0.4 is 5.73 Å². The van der Waals surface area contributed by atoms with Gasteiger partial charge in [-0.25, -0.2) is 4.98 Å². The molecule has 0 saturated carbocycles. The molecular formula is C13H10ClN3S. The van der Waals surface area contributed by atoms with Gasteiger partial charge in [-0.1, -0.05) is 17.7 Å². The number of thiazole rings is 1. The topological polar surface area (TPSA) is 51.8 Å². The van der Waals surface area contributed by atoms with E-state index in [2.05, 4.69) is 9.97 Å². The molecule has 2 aromatic heterocycles. The van der Waals surface area contributed by atoms with Crippen molar-refractivity contribution in [1.29, 1.82) is 0 Å². The third kappa shape index (κ3) is 2.10. The maximum Gasteiger partial charge on any atom is 0.143 e. The van der Waals surface area contributed by atoms with Crippen molar-refractivity contribution in [1.82, 2.24) is 9.97 Å². The van der Waals surface area contributed by atoms with Gasteiger partial charge in [0.25, 0.3) is 0 Å². The van der Waals surface area contributed by atoms with Crippen molar-refractivity contribution in [2.75, 3.05) is 0 Å². The van der Waals surface area contributed by atoms with E-state index in [0.29, 0.717) is 6.54 Å². The lowest BCUT2D eigenvalue weighted by atomic mass is 10.2. The van der Waals surface area contributed by atoms with Crippen molar-refractivity contribution >= 4 is 33.2 Å². The van der Waals surface area contributed by atoms with E-state index in [9.17, 15) is 0 Å². The first-order valence-corrected chi connectivity index (χ1v) is 6.67. The number of hydrogen-bond donors (Lipinski definition) is 1. The van der Waals surface area contributed by atoms with Crippen LogP contribution in [0.15, 0.2) is 36.5 Å². The van der Waals surface area contributed by atoms with Gasteiger partial charge in [0.2, 0.25) is 0 Å². The molecule has 3 aromatic rings. The maximum absolute atomic E-state index is 5.96. The molecule has 0 aliphatic carbocycles. The first kappa shape index (κ1) is 11.6. The Morgan fingerprint density at radius 1 is 1.22 bits per heavy atom. The lowest BCUT2D eigenvalue weighted by Gasteiger charge is -1.97. The standard InChI is InChI=1S/C13H10ClN3S/c14-9-2-4-10-12(5-9)18-13(17-10)11-3-1-8(6-15)7-16-11/h1-5,7H,6,15H2. The Bertz CT molecular complexity index is 691. The zero-order valence-corrected chi connectivity index (χ0v) is 11.0. The van der Waals surface area contributed by atoms with Crippen molar-refractivity contribution in [2.24, 2.45) is 5.73 Å². The number of nitrogens with zero attached hydrogens (tertiary/aromatic N) is 2. The van der Waals surface area contributed by atoms with Crippen molar-refractivity contribution < 1.29 is 0 Å². The summed E-state index contributed by atoms with van der Waals surface area (Å²) in [5.74, 6) is 0. The van der Waals surface area contributed by atoms with Gasteiger partial charge in [0.1, 0.15) is 5.01 Å². The number of nitrogens with two attached hydrogens (primary N) is 1. The highest BCUT2D eigenvalue weighted by Gasteiger charge is 2.07. The van der Waals surface area contributed by atoms with Gasteiger partial charge in [-0.2, -0.15) is 0 Å². The molecule has 0 saturated heterocycles. The lowest BCUT2D eigenvalue weighted by molar-refractivity contribution is 1.05. The zero-order chi connectivity index (χ0) is 12.5. The summed E-state index contributed by atoms with van der Waals surface area (Å²) in [5, 5.41) is 1.62. The Labute approximate surface area is 113 Å². The molecule has 0 atom stereocenters. The van der Waals surface area contributed by atoms with Crippen LogP contribution in [0.2, 0.25) is 5.02 Å². The molecule has 0 unspecified atom stereocenters. The maximum atomic E-state index is 5.96. The lowest BCUT2D eigenvalue weighted by Crippen LogP contribution is -1.96. The van der Waals surface area contributed by atoms with E-state index >= 15 is 0 Å². The molecule has 0 aliphatic rings. The van der Waals surface area contributed by atoms with Crippen LogP contribution in [0.4, 0.5) is 0 Å². The molecule has 1 aromatic carbocycles. The highest BCUT2D eigenvalue weighted by atomic mass is 35.5. The minimum absolute atomic E-state index is 0.503. The summed E-state index contributed by atoms with van der Waals surface area (Å²) >= 11 is 7.55. The molecule has 5 heteroatoms. The van der Waals surface area contributed by atoms with Crippen molar-refractivity contribution in [3.63, 3.8) is 0 Å². The van der Waals surface area contributed by atoms with Crippen LogP contribution >= 0.6 is 22.9 Å². The number of benzene rings is 1. The number of rotatable bonds is 2. The summed E-state index contributed by atoms with van der Waals surface area (Å²) in [6.07, 6.45) is 1.79. The first-order chi connectivity index (χ1) is 8.76. The first-order valence-electron chi connectivity index (χ1n) is 5.48. The third-order valence-electron chi connectivity index (χ3n) is 2.63. The Morgan fingerprint density at radius 3 is 2.83 bits per heavy atom. The minimum Gasteiger partial charge on any atom is -0.326 e. The van der Waals surface area contributed by atoms with E-state index in [1.165, 1.54) is 0 Å². The van der Waals surface area contributed by atoms with Gasteiger partial charge in [0.05, 0.1) is 15.9 Å². The summed E-state index contributed by atoms with van der Waals surface area (Å²) in [7, 11) is 0. The molecule has 0 amide bonds. The zero-order valence-electron chi connectivity index (χ0n) is 9.43. The normalized spacial score (nSPS) is 11.0. The molecule has 2 heterocycles. The van der Waals surface area contributed by atoms with E-state index in [-0.39, 0.29) is 0 Å². The van der Waals surface area contributed by atoms with Crippen molar-refractivity contribution in [3.05, 3.63) is 47.1 Å². The smallest absolute Gasteiger partial charge is 0.143 e. The highest BCUT2D eigenvalue weighted by Crippen LogP contribution is 2.30. The SMILES string of the molecule is NCc1ccc(-c2nc3ccc(Cl)cc3s2)nc1. The fourth-order valence-electron chi connectivity index (χ4n) is 1.68. The van der Waals surface area contributed by atoms with E-state index in [0.717, 1.165) is 31.5 Å². The molecule has 0 spiro atoms. The van der Waals surface area contributed by atoms with E-state index in [1.807, 2.05) is 30.3 Å². The molecular weight excluding hydrogens is 266 g/mol. The van der Waals surface area contributed by atoms with Crippen molar-refractivity contribution in [3.8, 4) is 10.7 Å². The number of hydrogen-bond acceptors (Lipinski definition) is 4. The molecule has 90 valence electrons. The van der Waals surface area contributed by atoms with Gasteiger partial charge in [0.15, 0.2) is 0 Å². The molecule has 0 aliphatic heterocycles. The molecule has 18 heavy (non-hydrogen) atoms.